The number of amides is 1. The Labute approximate surface area is 178 Å². The maximum absolute atomic E-state index is 13.1. The summed E-state index contributed by atoms with van der Waals surface area (Å²) in [6.45, 7) is 3.29. The Morgan fingerprint density at radius 2 is 2.24 bits per heavy atom. The number of likely N-dealkylation sites (tertiary alicyclic amines) is 2. The van der Waals surface area contributed by atoms with Crippen LogP contribution in [0.4, 0.5) is 5.82 Å². The van der Waals surface area contributed by atoms with Crippen LogP contribution in [0, 0.1) is 11.8 Å². The van der Waals surface area contributed by atoms with Gasteiger partial charge >= 0.3 is 0 Å². The number of pyridine rings is 1. The number of ether oxygens (including phenoxy) is 1. The minimum atomic E-state index is -0.454. The third-order valence-corrected chi connectivity index (χ3v) is 7.68. The Morgan fingerprint density at radius 1 is 1.38 bits per heavy atom. The van der Waals surface area contributed by atoms with Gasteiger partial charge in [-0.25, -0.2) is 4.98 Å². The SMILES string of the molecule is Nc1ncccc1CN1C[C@@H]2[C@H](CO)[C@H]3CN(C(=O)c4ccc(Cl)s4)C[C@]2(C1)O3. The molecule has 0 saturated carbocycles. The van der Waals surface area contributed by atoms with Crippen LogP contribution < -0.4 is 5.73 Å². The maximum Gasteiger partial charge on any atom is 0.264 e. The fourth-order valence-corrected chi connectivity index (χ4v) is 6.23. The van der Waals surface area contributed by atoms with Crippen molar-refractivity contribution in [3.05, 3.63) is 45.2 Å². The van der Waals surface area contributed by atoms with Crippen molar-refractivity contribution in [3.8, 4) is 0 Å². The second kappa shape index (κ2) is 7.21. The monoisotopic (exact) mass is 434 g/mol. The lowest BCUT2D eigenvalue weighted by molar-refractivity contribution is -0.108. The van der Waals surface area contributed by atoms with Gasteiger partial charge in [0.2, 0.25) is 0 Å². The van der Waals surface area contributed by atoms with E-state index >= 15 is 0 Å². The summed E-state index contributed by atoms with van der Waals surface area (Å²) in [4.78, 5) is 22.0. The van der Waals surface area contributed by atoms with Crippen LogP contribution in [-0.2, 0) is 11.3 Å². The predicted octanol–water partition coefficient (Wildman–Crippen LogP) is 1.71. The van der Waals surface area contributed by atoms with Crippen molar-refractivity contribution in [2.45, 2.75) is 18.2 Å². The number of nitrogen functional groups attached to an aromatic ring is 1. The third-order valence-electron chi connectivity index (χ3n) is 6.46. The number of aliphatic hydroxyl groups excluding tert-OH is 1. The molecule has 2 bridgehead atoms. The van der Waals surface area contributed by atoms with Crippen LogP contribution >= 0.6 is 22.9 Å². The van der Waals surface area contributed by atoms with Gasteiger partial charge in [0.05, 0.1) is 21.9 Å². The zero-order valence-electron chi connectivity index (χ0n) is 15.8. The summed E-state index contributed by atoms with van der Waals surface area (Å²) < 4.78 is 7.07. The molecule has 5 rings (SSSR count). The number of thiophene rings is 1. The molecular formula is C20H23ClN4O3S. The molecule has 3 saturated heterocycles. The molecule has 3 N–H and O–H groups in total. The highest BCUT2D eigenvalue weighted by atomic mass is 35.5. The summed E-state index contributed by atoms with van der Waals surface area (Å²) in [6, 6.07) is 7.40. The summed E-state index contributed by atoms with van der Waals surface area (Å²) in [5.41, 5.74) is 6.55. The molecule has 7 nitrogen and oxygen atoms in total. The van der Waals surface area contributed by atoms with E-state index in [-0.39, 0.29) is 30.5 Å². The van der Waals surface area contributed by atoms with Crippen molar-refractivity contribution in [1.29, 1.82) is 0 Å². The molecule has 154 valence electrons. The van der Waals surface area contributed by atoms with Gasteiger partial charge in [-0.15, -0.1) is 11.3 Å². The van der Waals surface area contributed by atoms with Gasteiger partial charge in [-0.1, -0.05) is 17.7 Å². The van der Waals surface area contributed by atoms with Gasteiger partial charge in [0.25, 0.3) is 5.91 Å². The van der Waals surface area contributed by atoms with Crippen molar-refractivity contribution in [2.24, 2.45) is 11.8 Å². The van der Waals surface area contributed by atoms with Gasteiger partial charge in [0.15, 0.2) is 0 Å². The van der Waals surface area contributed by atoms with Crippen LogP contribution in [0.1, 0.15) is 15.2 Å². The molecule has 0 unspecified atom stereocenters. The molecule has 0 aliphatic carbocycles. The van der Waals surface area contributed by atoms with Crippen molar-refractivity contribution in [1.82, 2.24) is 14.8 Å². The summed E-state index contributed by atoms with van der Waals surface area (Å²) in [7, 11) is 0. The van der Waals surface area contributed by atoms with E-state index in [1.165, 1.54) is 11.3 Å². The molecule has 0 radical (unpaired) electrons. The first kappa shape index (κ1) is 19.3. The standard InChI is InChI=1S/C20H23ClN4O3S/c21-17-4-3-16(29-17)19(27)25-8-15-13(9-26)14-7-24(10-20(14,11-25)28-15)6-12-2-1-5-23-18(12)22/h1-5,13-15,26H,6-11H2,(H2,22,23)/t13-,14+,15+,20-/m0/s1. The molecule has 5 heterocycles. The molecule has 4 atom stereocenters. The number of anilines is 1. The summed E-state index contributed by atoms with van der Waals surface area (Å²) in [5.74, 6) is 0.729. The van der Waals surface area contributed by atoms with Gasteiger partial charge < -0.3 is 20.5 Å². The minimum absolute atomic E-state index is 0.0122. The summed E-state index contributed by atoms with van der Waals surface area (Å²) in [6.07, 6.45) is 1.55. The third kappa shape index (κ3) is 3.23. The number of aromatic nitrogens is 1. The highest BCUT2D eigenvalue weighted by Gasteiger charge is 2.62. The fourth-order valence-electron chi connectivity index (χ4n) is 5.22. The first-order chi connectivity index (χ1) is 14.0. The molecule has 1 amide bonds. The van der Waals surface area contributed by atoms with Crippen LogP contribution in [-0.4, -0.2) is 70.3 Å². The lowest BCUT2D eigenvalue weighted by Crippen LogP contribution is -2.55. The highest BCUT2D eigenvalue weighted by molar-refractivity contribution is 7.17. The fraction of sp³-hybridized carbons (Fsp3) is 0.500. The number of rotatable bonds is 4. The largest absolute Gasteiger partial charge is 0.396 e. The Kier molecular flexibility index (Phi) is 4.79. The van der Waals surface area contributed by atoms with Crippen LogP contribution in [0.3, 0.4) is 0 Å². The molecule has 3 fully saturated rings. The van der Waals surface area contributed by atoms with Crippen molar-refractivity contribution < 1.29 is 14.6 Å². The Bertz CT molecular complexity index is 940. The maximum atomic E-state index is 13.1. The number of hydrogen-bond acceptors (Lipinski definition) is 7. The quantitative estimate of drug-likeness (QED) is 0.761. The lowest BCUT2D eigenvalue weighted by Gasteiger charge is -2.40. The number of nitrogens with zero attached hydrogens (tertiary/aromatic N) is 3. The molecule has 2 aromatic rings. The molecule has 1 spiro atoms. The second-order valence-corrected chi connectivity index (χ2v) is 9.90. The average molecular weight is 435 g/mol. The number of halogens is 1. The van der Waals surface area contributed by atoms with E-state index in [1.54, 1.807) is 18.3 Å². The van der Waals surface area contributed by atoms with Crippen LogP contribution in [0.25, 0.3) is 0 Å². The van der Waals surface area contributed by atoms with Gasteiger partial charge in [0, 0.05) is 56.4 Å². The van der Waals surface area contributed by atoms with E-state index < -0.39 is 5.60 Å². The number of fused-ring (bicyclic) bond motifs is 1. The second-order valence-electron chi connectivity index (χ2n) is 8.18. The molecule has 2 aromatic heterocycles. The van der Waals surface area contributed by atoms with E-state index in [9.17, 15) is 9.90 Å². The first-order valence-corrected chi connectivity index (χ1v) is 10.9. The molecule has 9 heteroatoms. The van der Waals surface area contributed by atoms with Gasteiger partial charge in [-0.3, -0.25) is 9.69 Å². The van der Waals surface area contributed by atoms with E-state index in [1.807, 2.05) is 17.0 Å². The first-order valence-electron chi connectivity index (χ1n) is 9.74. The van der Waals surface area contributed by atoms with E-state index in [4.69, 9.17) is 22.1 Å². The number of nitrogens with two attached hydrogens (primary N) is 1. The van der Waals surface area contributed by atoms with Crippen molar-refractivity contribution in [2.75, 3.05) is 38.5 Å². The predicted molar refractivity (Wildman–Crippen MR) is 111 cm³/mol. The number of carbonyl (C=O) groups is 1. The lowest BCUT2D eigenvalue weighted by atomic mass is 9.83. The van der Waals surface area contributed by atoms with E-state index in [0.717, 1.165) is 12.1 Å². The Hall–Kier alpha value is -1.71. The molecule has 0 aromatic carbocycles. The Balaban J connectivity index is 1.38. The molecular weight excluding hydrogens is 412 g/mol. The van der Waals surface area contributed by atoms with Crippen LogP contribution in [0.2, 0.25) is 4.34 Å². The summed E-state index contributed by atoms with van der Waals surface area (Å²) in [5, 5.41) is 10.1. The smallest absolute Gasteiger partial charge is 0.264 e. The van der Waals surface area contributed by atoms with Gasteiger partial charge in [-0.05, 0) is 18.2 Å². The molecule has 3 aliphatic rings. The van der Waals surface area contributed by atoms with Crippen LogP contribution in [0.5, 0.6) is 0 Å². The zero-order valence-corrected chi connectivity index (χ0v) is 17.4. The number of morpholine rings is 1. The number of aliphatic hydroxyl groups is 1. The van der Waals surface area contributed by atoms with Crippen molar-refractivity contribution in [3.63, 3.8) is 0 Å². The molecule has 3 aliphatic heterocycles. The van der Waals surface area contributed by atoms with E-state index in [0.29, 0.717) is 41.2 Å². The van der Waals surface area contributed by atoms with Gasteiger partial charge in [0.1, 0.15) is 11.4 Å². The average Bonchev–Trinajstić information content (AvgIpc) is 3.32. The van der Waals surface area contributed by atoms with E-state index in [2.05, 4.69) is 9.88 Å². The van der Waals surface area contributed by atoms with Crippen molar-refractivity contribution >= 4 is 34.7 Å². The number of carbonyl (C=O) groups excluding carboxylic acids is 1. The highest BCUT2D eigenvalue weighted by Crippen LogP contribution is 2.49. The van der Waals surface area contributed by atoms with Crippen LogP contribution in [0.15, 0.2) is 30.5 Å². The zero-order chi connectivity index (χ0) is 20.2. The van der Waals surface area contributed by atoms with Gasteiger partial charge in [-0.2, -0.15) is 0 Å². The number of hydrogen-bond donors (Lipinski definition) is 2. The minimum Gasteiger partial charge on any atom is -0.396 e. The summed E-state index contributed by atoms with van der Waals surface area (Å²) >= 11 is 7.32. The normalized spacial score (nSPS) is 31.2. The molecule has 29 heavy (non-hydrogen) atoms. The topological polar surface area (TPSA) is 91.9 Å². The Morgan fingerprint density at radius 3 is 2.97 bits per heavy atom.